The zero-order chi connectivity index (χ0) is 46.1. The highest BCUT2D eigenvalue weighted by Crippen LogP contribution is 2.55. The first-order chi connectivity index (χ1) is 33.1. The summed E-state index contributed by atoms with van der Waals surface area (Å²) in [4.78, 5) is 45.3. The van der Waals surface area contributed by atoms with Gasteiger partial charge in [-0.15, -0.1) is 0 Å². The van der Waals surface area contributed by atoms with Gasteiger partial charge in [0, 0.05) is 42.4 Å². The molecule has 16 nitrogen and oxygen atoms in total. The molecule has 17 heteroatoms. The number of sulfonamides is 1. The van der Waals surface area contributed by atoms with Gasteiger partial charge < -0.3 is 29.6 Å². The smallest absolute Gasteiger partial charge is 0.300 e. The van der Waals surface area contributed by atoms with E-state index in [9.17, 15) is 23.3 Å². The number of carbonyl (C=O) groups is 1. The Labute approximate surface area is 394 Å². The minimum absolute atomic E-state index is 0.0206. The number of piperidine rings is 1. The molecular weight excluding hydrogens is 883 g/mol. The van der Waals surface area contributed by atoms with Crippen LogP contribution in [0, 0.1) is 15.5 Å². The molecule has 3 N–H and O–H groups in total. The first-order valence-electron chi connectivity index (χ1n) is 23.9. The van der Waals surface area contributed by atoms with E-state index in [1.807, 2.05) is 59.5 Å². The quantitative estimate of drug-likeness (QED) is 0.0831. The number of amides is 1. The van der Waals surface area contributed by atoms with E-state index >= 15 is 0 Å². The molecule has 350 valence electrons. The molecule has 2 saturated heterocycles. The van der Waals surface area contributed by atoms with Crippen molar-refractivity contribution in [3.63, 3.8) is 0 Å². The summed E-state index contributed by atoms with van der Waals surface area (Å²) in [5.41, 5.74) is 6.68. The predicted octanol–water partition coefficient (Wildman–Crippen LogP) is 8.39. The maximum absolute atomic E-state index is 14.4. The average Bonchev–Trinajstić information content (AvgIpc) is 3.90. The number of rotatable bonds is 11. The molecule has 3 aromatic heterocycles. The average molecular weight is 936 g/mol. The highest BCUT2D eigenvalue weighted by molar-refractivity contribution is 7.90. The molecule has 1 unspecified atom stereocenters. The summed E-state index contributed by atoms with van der Waals surface area (Å²) in [5.74, 6) is -0.0247. The van der Waals surface area contributed by atoms with Gasteiger partial charge in [-0.3, -0.25) is 19.8 Å². The molecule has 1 amide bonds. The summed E-state index contributed by atoms with van der Waals surface area (Å²) < 4.78 is 42.2. The first kappa shape index (κ1) is 42.6. The second-order valence-corrected chi connectivity index (χ2v) is 21.1. The van der Waals surface area contributed by atoms with Gasteiger partial charge in [-0.05, 0) is 123 Å². The van der Waals surface area contributed by atoms with Gasteiger partial charge in [0.05, 0.1) is 34.8 Å². The molecule has 7 heterocycles. The number of fused-ring (bicyclic) bond motifs is 3. The molecule has 0 radical (unpaired) electrons. The van der Waals surface area contributed by atoms with E-state index in [1.54, 1.807) is 23.4 Å². The Hall–Kier alpha value is -6.72. The number of anilines is 4. The maximum atomic E-state index is 14.4. The van der Waals surface area contributed by atoms with Crippen molar-refractivity contribution in [2.75, 3.05) is 54.5 Å². The van der Waals surface area contributed by atoms with E-state index in [1.165, 1.54) is 45.1 Å². The highest BCUT2D eigenvalue weighted by atomic mass is 32.2. The number of hydrogen-bond acceptors (Lipinski definition) is 13. The third-order valence-corrected chi connectivity index (χ3v) is 16.5. The number of carbonyl (C=O) groups excluding carboxylic acids is 1. The van der Waals surface area contributed by atoms with Gasteiger partial charge in [-0.1, -0.05) is 54.6 Å². The Bertz CT molecular complexity index is 3050. The van der Waals surface area contributed by atoms with Crippen molar-refractivity contribution >= 4 is 55.4 Å². The molecule has 2 atom stereocenters. The number of benzene rings is 3. The summed E-state index contributed by atoms with van der Waals surface area (Å²) in [5, 5.41) is 15.7. The van der Waals surface area contributed by atoms with Crippen LogP contribution >= 0.6 is 0 Å². The number of H-pyrrole nitrogens is 1. The maximum Gasteiger partial charge on any atom is 0.300 e. The highest BCUT2D eigenvalue weighted by Gasteiger charge is 2.50. The molecule has 12 rings (SSSR count). The van der Waals surface area contributed by atoms with Gasteiger partial charge in [0.25, 0.3) is 15.9 Å². The van der Waals surface area contributed by atoms with Crippen molar-refractivity contribution in [1.29, 1.82) is 0 Å². The molecule has 0 bridgehead atoms. The zero-order valence-corrected chi connectivity index (χ0v) is 38.4. The van der Waals surface area contributed by atoms with Gasteiger partial charge in [0.15, 0.2) is 10.7 Å². The van der Waals surface area contributed by atoms with Gasteiger partial charge in [0.2, 0.25) is 11.8 Å². The zero-order valence-electron chi connectivity index (χ0n) is 37.6. The lowest BCUT2D eigenvalue weighted by molar-refractivity contribution is -0.384. The second kappa shape index (κ2) is 16.8. The standard InChI is InChI=1S/C51H53N9O7S/c61-48(56-68(64,65)45-28-43(60(62)63)46-50(54-45)67-31-35(53-46)25-32-7-2-1-3-8-32)40-15-14-36(27-42(40)59-23-24-66-49-44(59)26-34-16-19-52-47(34)55-49)57-21-17-51(18-22-57)29-37(30-51)58-20-6-11-41(58)39-10-5-4-9-38(39)33-12-13-33/h1-5,7-10,14-16,19,26-28,33,35,37,41,53H,6,11-13,17-18,20-25,29-31H2,(H,52,55)(H,56,61)/t35?,41-/m0/s1. The van der Waals surface area contributed by atoms with Gasteiger partial charge in [-0.25, -0.2) is 4.72 Å². The Morgan fingerprint density at radius 3 is 2.46 bits per heavy atom. The van der Waals surface area contributed by atoms with E-state index in [0.29, 0.717) is 53.4 Å². The SMILES string of the molecule is O=C(NS(=O)(=O)c1cc([N+](=O)[O-])c2c(n1)OCC(Cc1ccccc1)N2)c1ccc(N2CCC3(CC2)CC(N2CCC[C@H]2c2ccccc2C2CC2)C3)cc1N1CCOc2nc3[nH]ccc3cc21. The molecule has 2 aliphatic carbocycles. The minimum atomic E-state index is -4.76. The van der Waals surface area contributed by atoms with E-state index in [4.69, 9.17) is 14.5 Å². The van der Waals surface area contributed by atoms with E-state index in [-0.39, 0.29) is 36.4 Å². The third-order valence-electron chi connectivity index (χ3n) is 15.2. The van der Waals surface area contributed by atoms with E-state index < -0.39 is 31.6 Å². The number of aromatic nitrogens is 3. The number of nitrogens with zero attached hydrogens (tertiary/aromatic N) is 6. The van der Waals surface area contributed by atoms with Gasteiger partial charge in [-0.2, -0.15) is 18.4 Å². The minimum Gasteiger partial charge on any atom is -0.474 e. The van der Waals surface area contributed by atoms with Crippen LogP contribution in [-0.4, -0.2) is 90.6 Å². The van der Waals surface area contributed by atoms with Crippen LogP contribution in [0.25, 0.3) is 11.0 Å². The van der Waals surface area contributed by atoms with Gasteiger partial charge in [0.1, 0.15) is 24.5 Å². The first-order valence-corrected chi connectivity index (χ1v) is 25.4. The predicted molar refractivity (Wildman–Crippen MR) is 258 cm³/mol. The number of likely N-dealkylation sites (tertiary alicyclic amines) is 1. The van der Waals surface area contributed by atoms with Crippen LogP contribution in [0.5, 0.6) is 11.8 Å². The fraction of sp³-hybridized carbons (Fsp3) is 0.392. The lowest BCUT2D eigenvalue weighted by Gasteiger charge is -2.56. The number of hydrogen-bond donors (Lipinski definition) is 3. The summed E-state index contributed by atoms with van der Waals surface area (Å²) in [6, 6.07) is 29.8. The van der Waals surface area contributed by atoms with Gasteiger partial charge >= 0.3 is 5.69 Å². The largest absolute Gasteiger partial charge is 0.474 e. The fourth-order valence-corrected chi connectivity index (χ4v) is 12.6. The van der Waals surface area contributed by atoms with Crippen molar-refractivity contribution in [1.82, 2.24) is 24.6 Å². The summed E-state index contributed by atoms with van der Waals surface area (Å²) in [6.07, 6.45) is 12.0. The van der Waals surface area contributed by atoms with Crippen molar-refractivity contribution in [3.05, 3.63) is 130 Å². The van der Waals surface area contributed by atoms with Crippen molar-refractivity contribution in [2.45, 2.75) is 86.9 Å². The Morgan fingerprint density at radius 1 is 0.868 bits per heavy atom. The number of ether oxygens (including phenoxy) is 2. The second-order valence-electron chi connectivity index (χ2n) is 19.5. The summed E-state index contributed by atoms with van der Waals surface area (Å²) in [7, 11) is -4.76. The molecule has 1 spiro atoms. The van der Waals surface area contributed by atoms with Crippen LogP contribution in [0.1, 0.15) is 90.4 Å². The summed E-state index contributed by atoms with van der Waals surface area (Å²) >= 11 is 0. The number of pyridine rings is 2. The Kier molecular flexibility index (Phi) is 10.5. The van der Waals surface area contributed by atoms with Crippen molar-refractivity contribution in [3.8, 4) is 11.8 Å². The number of aromatic amines is 1. The molecular formula is C51H53N9O7S. The molecule has 68 heavy (non-hydrogen) atoms. The van der Waals surface area contributed by atoms with Crippen LogP contribution in [0.4, 0.5) is 28.4 Å². The van der Waals surface area contributed by atoms with E-state index in [0.717, 1.165) is 54.6 Å². The monoisotopic (exact) mass is 935 g/mol. The van der Waals surface area contributed by atoms with Crippen LogP contribution < -0.4 is 29.3 Å². The van der Waals surface area contributed by atoms with Crippen molar-refractivity contribution < 1.29 is 27.6 Å². The lowest BCUT2D eigenvalue weighted by atomic mass is 9.59. The van der Waals surface area contributed by atoms with E-state index in [2.05, 4.69) is 54.1 Å². The molecule has 4 fully saturated rings. The Balaban J connectivity index is 0.796. The number of nitro groups is 1. The van der Waals surface area contributed by atoms with Crippen LogP contribution in [-0.2, 0) is 16.4 Å². The molecule has 3 aromatic carbocycles. The van der Waals surface area contributed by atoms with Crippen LogP contribution in [0.2, 0.25) is 0 Å². The van der Waals surface area contributed by atoms with Crippen LogP contribution in [0.15, 0.2) is 102 Å². The topological polar surface area (TPSA) is 188 Å². The van der Waals surface area contributed by atoms with Crippen molar-refractivity contribution in [2.24, 2.45) is 5.41 Å². The molecule has 4 aliphatic heterocycles. The summed E-state index contributed by atoms with van der Waals surface area (Å²) in [6.45, 7) is 3.62. The lowest BCUT2D eigenvalue weighted by Crippen LogP contribution is -2.55. The fourth-order valence-electron chi connectivity index (χ4n) is 11.6. The number of nitrogens with one attached hydrogen (secondary N) is 3. The Morgan fingerprint density at radius 2 is 1.66 bits per heavy atom. The third kappa shape index (κ3) is 7.84. The molecule has 6 aliphatic rings. The molecule has 2 saturated carbocycles. The normalized spacial score (nSPS) is 21.3. The van der Waals surface area contributed by atoms with Crippen LogP contribution in [0.3, 0.4) is 0 Å². The molecule has 6 aromatic rings.